The summed E-state index contributed by atoms with van der Waals surface area (Å²) in [5.41, 5.74) is 13.3. The molecule has 4 N–H and O–H groups in total. The Morgan fingerprint density at radius 2 is 1.83 bits per heavy atom. The highest BCUT2D eigenvalue weighted by Crippen LogP contribution is 2.22. The van der Waals surface area contributed by atoms with Gasteiger partial charge in [0.15, 0.2) is 0 Å². The molecule has 104 valence electrons. The molecule has 18 heavy (non-hydrogen) atoms. The standard InChI is InChI=1S/C12H24ClN5/c1-3-10-12(13)11(18(4-2)16-10)9-17(7-5-14)8-6-15/h3-9,14-15H2,1-2H3. The average molecular weight is 274 g/mol. The van der Waals surface area contributed by atoms with Crippen molar-refractivity contribution in [2.75, 3.05) is 26.2 Å². The fraction of sp³-hybridized carbons (Fsp3) is 0.750. The fourth-order valence-corrected chi connectivity index (χ4v) is 2.34. The van der Waals surface area contributed by atoms with E-state index in [4.69, 9.17) is 23.1 Å². The number of hydrogen-bond acceptors (Lipinski definition) is 4. The maximum absolute atomic E-state index is 6.38. The lowest BCUT2D eigenvalue weighted by Gasteiger charge is -2.21. The van der Waals surface area contributed by atoms with E-state index in [0.717, 1.165) is 49.0 Å². The third-order valence-electron chi connectivity index (χ3n) is 2.96. The van der Waals surface area contributed by atoms with Crippen LogP contribution in [0.1, 0.15) is 25.2 Å². The first-order valence-corrected chi connectivity index (χ1v) is 6.92. The minimum atomic E-state index is 0.624. The summed E-state index contributed by atoms with van der Waals surface area (Å²) < 4.78 is 1.97. The summed E-state index contributed by atoms with van der Waals surface area (Å²) in [6.45, 7) is 8.62. The number of hydrogen-bond donors (Lipinski definition) is 2. The lowest BCUT2D eigenvalue weighted by atomic mass is 10.3. The first kappa shape index (κ1) is 15.4. The smallest absolute Gasteiger partial charge is 0.0863 e. The van der Waals surface area contributed by atoms with Crippen molar-refractivity contribution in [3.63, 3.8) is 0 Å². The van der Waals surface area contributed by atoms with Gasteiger partial charge in [0.25, 0.3) is 0 Å². The SMILES string of the molecule is CCc1nn(CC)c(CN(CCN)CCN)c1Cl. The Balaban J connectivity index is 2.89. The van der Waals surface area contributed by atoms with Crippen molar-refractivity contribution >= 4 is 11.6 Å². The van der Waals surface area contributed by atoms with Crippen molar-refractivity contribution in [1.29, 1.82) is 0 Å². The predicted molar refractivity (Wildman–Crippen MR) is 75.7 cm³/mol. The van der Waals surface area contributed by atoms with Crippen molar-refractivity contribution in [3.05, 3.63) is 16.4 Å². The van der Waals surface area contributed by atoms with Crippen LogP contribution in [0.15, 0.2) is 0 Å². The van der Waals surface area contributed by atoms with Gasteiger partial charge in [-0.3, -0.25) is 9.58 Å². The molecule has 1 aromatic rings. The van der Waals surface area contributed by atoms with Crippen LogP contribution in [-0.2, 0) is 19.5 Å². The van der Waals surface area contributed by atoms with Gasteiger partial charge in [-0.2, -0.15) is 5.10 Å². The molecule has 0 bridgehead atoms. The molecule has 1 rings (SSSR count). The second-order valence-electron chi connectivity index (χ2n) is 4.23. The Morgan fingerprint density at radius 1 is 1.22 bits per heavy atom. The number of aryl methyl sites for hydroxylation is 2. The highest BCUT2D eigenvalue weighted by Gasteiger charge is 2.16. The molecule has 0 fully saturated rings. The molecule has 0 radical (unpaired) electrons. The van der Waals surface area contributed by atoms with E-state index in [-0.39, 0.29) is 0 Å². The van der Waals surface area contributed by atoms with Crippen molar-refractivity contribution < 1.29 is 0 Å². The molecule has 0 aliphatic rings. The number of nitrogens with two attached hydrogens (primary N) is 2. The molecule has 1 heterocycles. The maximum atomic E-state index is 6.38. The van der Waals surface area contributed by atoms with Crippen LogP contribution in [0.4, 0.5) is 0 Å². The van der Waals surface area contributed by atoms with Crippen LogP contribution in [0.3, 0.4) is 0 Å². The summed E-state index contributed by atoms with van der Waals surface area (Å²) in [5, 5.41) is 5.31. The Hall–Kier alpha value is -0.620. The number of nitrogens with zero attached hydrogens (tertiary/aromatic N) is 3. The van der Waals surface area contributed by atoms with Gasteiger partial charge < -0.3 is 11.5 Å². The molecule has 0 aliphatic heterocycles. The van der Waals surface area contributed by atoms with Gasteiger partial charge in [-0.1, -0.05) is 18.5 Å². The van der Waals surface area contributed by atoms with Gasteiger partial charge in [0, 0.05) is 39.3 Å². The molecule has 6 heteroatoms. The maximum Gasteiger partial charge on any atom is 0.0863 e. The second-order valence-corrected chi connectivity index (χ2v) is 4.61. The van der Waals surface area contributed by atoms with E-state index in [9.17, 15) is 0 Å². The molecule has 0 amide bonds. The Morgan fingerprint density at radius 3 is 2.28 bits per heavy atom. The second kappa shape index (κ2) is 7.74. The van der Waals surface area contributed by atoms with Crippen LogP contribution >= 0.6 is 11.6 Å². The van der Waals surface area contributed by atoms with E-state index in [0.29, 0.717) is 13.1 Å². The Labute approximate surface area is 114 Å². The third kappa shape index (κ3) is 3.68. The summed E-state index contributed by atoms with van der Waals surface area (Å²) >= 11 is 6.38. The molecule has 5 nitrogen and oxygen atoms in total. The normalized spacial score (nSPS) is 11.4. The Kier molecular flexibility index (Phi) is 6.63. The highest BCUT2D eigenvalue weighted by molar-refractivity contribution is 6.31. The third-order valence-corrected chi connectivity index (χ3v) is 3.39. The zero-order valence-electron chi connectivity index (χ0n) is 11.3. The van der Waals surface area contributed by atoms with Crippen LogP contribution in [0.25, 0.3) is 0 Å². The summed E-state index contributed by atoms with van der Waals surface area (Å²) in [7, 11) is 0. The molecule has 0 aromatic carbocycles. The zero-order chi connectivity index (χ0) is 13.5. The number of halogens is 1. The van der Waals surface area contributed by atoms with Crippen LogP contribution in [0.5, 0.6) is 0 Å². The first-order valence-electron chi connectivity index (χ1n) is 6.54. The van der Waals surface area contributed by atoms with Crippen LogP contribution in [0, 0.1) is 0 Å². The van der Waals surface area contributed by atoms with Crippen molar-refractivity contribution in [2.24, 2.45) is 11.5 Å². The topological polar surface area (TPSA) is 73.1 Å². The van der Waals surface area contributed by atoms with Gasteiger partial charge in [-0.25, -0.2) is 0 Å². The van der Waals surface area contributed by atoms with E-state index in [2.05, 4.69) is 23.8 Å². The van der Waals surface area contributed by atoms with E-state index in [1.807, 2.05) is 4.68 Å². The van der Waals surface area contributed by atoms with Crippen molar-refractivity contribution in [3.8, 4) is 0 Å². The van der Waals surface area contributed by atoms with Crippen LogP contribution in [0.2, 0.25) is 5.02 Å². The molecule has 0 saturated carbocycles. The van der Waals surface area contributed by atoms with E-state index in [1.165, 1.54) is 0 Å². The van der Waals surface area contributed by atoms with Crippen LogP contribution in [-0.4, -0.2) is 40.9 Å². The minimum Gasteiger partial charge on any atom is -0.329 e. The highest BCUT2D eigenvalue weighted by atomic mass is 35.5. The summed E-state index contributed by atoms with van der Waals surface area (Å²) in [6.07, 6.45) is 0.854. The number of aromatic nitrogens is 2. The van der Waals surface area contributed by atoms with Gasteiger partial charge >= 0.3 is 0 Å². The predicted octanol–water partition coefficient (Wildman–Crippen LogP) is 0.838. The van der Waals surface area contributed by atoms with E-state index in [1.54, 1.807) is 0 Å². The molecule has 0 saturated heterocycles. The average Bonchev–Trinajstić information content (AvgIpc) is 2.67. The monoisotopic (exact) mass is 273 g/mol. The number of rotatable bonds is 8. The zero-order valence-corrected chi connectivity index (χ0v) is 12.1. The van der Waals surface area contributed by atoms with E-state index < -0.39 is 0 Å². The van der Waals surface area contributed by atoms with Gasteiger partial charge in [-0.05, 0) is 13.3 Å². The van der Waals surface area contributed by atoms with E-state index >= 15 is 0 Å². The molecule has 0 atom stereocenters. The molecule has 1 aromatic heterocycles. The molecule has 0 unspecified atom stereocenters. The largest absolute Gasteiger partial charge is 0.329 e. The van der Waals surface area contributed by atoms with Gasteiger partial charge in [0.1, 0.15) is 0 Å². The van der Waals surface area contributed by atoms with Gasteiger partial charge in [0.05, 0.1) is 16.4 Å². The van der Waals surface area contributed by atoms with Crippen molar-refractivity contribution in [1.82, 2.24) is 14.7 Å². The van der Waals surface area contributed by atoms with Crippen molar-refractivity contribution in [2.45, 2.75) is 33.4 Å². The fourth-order valence-electron chi connectivity index (χ4n) is 2.02. The summed E-state index contributed by atoms with van der Waals surface area (Å²) in [5.74, 6) is 0. The van der Waals surface area contributed by atoms with Gasteiger partial charge in [-0.15, -0.1) is 0 Å². The minimum absolute atomic E-state index is 0.624. The quantitative estimate of drug-likeness (QED) is 0.736. The molecular formula is C12H24ClN5. The van der Waals surface area contributed by atoms with Crippen LogP contribution < -0.4 is 11.5 Å². The van der Waals surface area contributed by atoms with Gasteiger partial charge in [0.2, 0.25) is 0 Å². The summed E-state index contributed by atoms with van der Waals surface area (Å²) in [4.78, 5) is 2.22. The molecule has 0 spiro atoms. The first-order chi connectivity index (χ1) is 8.67. The lowest BCUT2D eigenvalue weighted by molar-refractivity contribution is 0.272. The summed E-state index contributed by atoms with van der Waals surface area (Å²) in [6, 6.07) is 0. The Bertz CT molecular complexity index is 358. The molecular weight excluding hydrogens is 250 g/mol. The lowest BCUT2D eigenvalue weighted by Crippen LogP contribution is -2.34. The molecule has 0 aliphatic carbocycles.